The van der Waals surface area contributed by atoms with Gasteiger partial charge in [-0.2, -0.15) is 0 Å². The number of carbonyl (C=O) groups excluding carboxylic acids is 2. The van der Waals surface area contributed by atoms with Gasteiger partial charge in [0.2, 0.25) is 11.8 Å². The number of aliphatic hydroxyl groups is 11. The molecule has 0 aromatic carbocycles. The van der Waals surface area contributed by atoms with Crippen LogP contribution in [-0.4, -0.2) is 215 Å². The van der Waals surface area contributed by atoms with Gasteiger partial charge >= 0.3 is 5.97 Å². The first-order chi connectivity index (χ1) is 47.4. The van der Waals surface area contributed by atoms with Gasteiger partial charge in [-0.05, 0) is 12.8 Å². The minimum absolute atomic E-state index is 0.230. The Kier molecular flexibility index (Phi) is 50.7. The average Bonchev–Trinajstić information content (AvgIpc) is 0.755. The molecule has 3 saturated heterocycles. The molecule has 23 nitrogen and oxygen atoms in total. The van der Waals surface area contributed by atoms with Gasteiger partial charge in [-0.3, -0.25) is 9.59 Å². The number of unbranched alkanes of at least 4 members (excludes halogenated alkanes) is 42. The molecule has 98 heavy (non-hydrogen) atoms. The highest BCUT2D eigenvalue weighted by atomic mass is 16.8. The highest BCUT2D eigenvalue weighted by Crippen LogP contribution is 2.39. The average molecular weight is 1410 g/mol. The second kappa shape index (κ2) is 55.3. The number of carbonyl (C=O) groups is 3. The molecule has 3 rings (SSSR count). The Morgan fingerprint density at radius 2 is 0.888 bits per heavy atom. The quantitative estimate of drug-likeness (QED) is 0.0252. The summed E-state index contributed by atoms with van der Waals surface area (Å²) in [7, 11) is 0. The lowest BCUT2D eigenvalue weighted by atomic mass is 9.88. The van der Waals surface area contributed by atoms with Crippen LogP contribution < -0.4 is 10.6 Å². The normalized spacial score (nSPS) is 27.2. The van der Waals surface area contributed by atoms with E-state index in [1.54, 1.807) is 0 Å². The summed E-state index contributed by atoms with van der Waals surface area (Å²) in [5.74, 6) is -6.09. The van der Waals surface area contributed by atoms with Crippen LogP contribution in [-0.2, 0) is 42.8 Å². The molecule has 23 heteroatoms. The van der Waals surface area contributed by atoms with E-state index in [4.69, 9.17) is 28.4 Å². The van der Waals surface area contributed by atoms with Crippen molar-refractivity contribution < 1.29 is 104 Å². The number of hydrogen-bond acceptors (Lipinski definition) is 20. The smallest absolute Gasteiger partial charge is 0.364 e. The van der Waals surface area contributed by atoms with Gasteiger partial charge in [-0.25, -0.2) is 4.79 Å². The fraction of sp³-hybridized carbons (Fsp3) is 0.960. The Bertz CT molecular complexity index is 1970. The maximum atomic E-state index is 13.5. The molecular formula is C75H142N2O21. The Balaban J connectivity index is 1.51. The van der Waals surface area contributed by atoms with Crippen molar-refractivity contribution in [3.8, 4) is 0 Å². The van der Waals surface area contributed by atoms with Crippen molar-refractivity contribution in [2.45, 2.75) is 432 Å². The predicted molar refractivity (Wildman–Crippen MR) is 375 cm³/mol. The van der Waals surface area contributed by atoms with Crippen LogP contribution in [0.15, 0.2) is 0 Å². The monoisotopic (exact) mass is 1410 g/mol. The lowest BCUT2D eigenvalue weighted by Gasteiger charge is -2.50. The van der Waals surface area contributed by atoms with Crippen molar-refractivity contribution >= 4 is 17.8 Å². The molecule has 0 aromatic heterocycles. The molecule has 0 aliphatic carbocycles. The molecule has 3 aliphatic rings. The number of aliphatic carboxylic acids is 1. The molecule has 18 atom stereocenters. The number of hydrogen-bond donors (Lipinski definition) is 14. The summed E-state index contributed by atoms with van der Waals surface area (Å²) >= 11 is 0. The van der Waals surface area contributed by atoms with Crippen molar-refractivity contribution in [2.24, 2.45) is 0 Å². The molecule has 0 saturated carbocycles. The van der Waals surface area contributed by atoms with Crippen LogP contribution in [0.25, 0.3) is 0 Å². The summed E-state index contributed by atoms with van der Waals surface area (Å²) in [5.41, 5.74) is 0. The van der Waals surface area contributed by atoms with Crippen LogP contribution in [0.3, 0.4) is 0 Å². The molecule has 3 heterocycles. The van der Waals surface area contributed by atoms with Gasteiger partial charge in [0, 0.05) is 19.8 Å². The second-order valence-electron chi connectivity index (χ2n) is 28.9. The van der Waals surface area contributed by atoms with Crippen molar-refractivity contribution in [2.75, 3.05) is 26.4 Å². The first-order valence-corrected chi connectivity index (χ1v) is 39.4. The third-order valence-electron chi connectivity index (χ3n) is 20.3. The standard InChI is InChI=1S/C75H142N2O21/c1-4-6-8-10-12-14-16-18-20-22-24-25-26-27-28-29-30-31-33-35-37-39-41-43-45-47-49-62(85)77-56(57(82)48-46-44-42-40-38-36-34-32-23-21-19-17-15-13-11-9-7-5-2)54-93-72-67(89)66(88)69(61(53-80)95-72)96-73-68(90)71(65(87)60(52-79)94-73)98-75(74(91)92)50-58(83)63(76-55(3)81)70(97-75)64(86)59(84)51-78/h56-61,63-73,78-80,82-84,86-90H,4-54H2,1-3H3,(H,76,81)(H,77,85)(H,91,92). The third-order valence-corrected chi connectivity index (χ3v) is 20.3. The minimum Gasteiger partial charge on any atom is -0.477 e. The van der Waals surface area contributed by atoms with Gasteiger partial charge in [0.25, 0.3) is 5.79 Å². The second-order valence-corrected chi connectivity index (χ2v) is 28.9. The number of carboxylic acid groups (broad SMARTS) is 1. The molecule has 0 radical (unpaired) electrons. The van der Waals surface area contributed by atoms with Crippen LogP contribution in [0, 0.1) is 0 Å². The van der Waals surface area contributed by atoms with Gasteiger partial charge in [-0.15, -0.1) is 0 Å². The van der Waals surface area contributed by atoms with Crippen LogP contribution >= 0.6 is 0 Å². The molecule has 14 N–H and O–H groups in total. The van der Waals surface area contributed by atoms with Gasteiger partial charge < -0.3 is 100 Å². The number of rotatable bonds is 62. The van der Waals surface area contributed by atoms with E-state index in [1.165, 1.54) is 225 Å². The maximum Gasteiger partial charge on any atom is 0.364 e. The van der Waals surface area contributed by atoms with Gasteiger partial charge in [0.15, 0.2) is 12.6 Å². The van der Waals surface area contributed by atoms with E-state index in [0.717, 1.165) is 51.9 Å². The molecule has 0 spiro atoms. The fourth-order valence-electron chi connectivity index (χ4n) is 14.1. The van der Waals surface area contributed by atoms with E-state index in [9.17, 15) is 75.7 Å². The first-order valence-electron chi connectivity index (χ1n) is 39.4. The van der Waals surface area contributed by atoms with Gasteiger partial charge in [0.1, 0.15) is 67.1 Å². The van der Waals surface area contributed by atoms with E-state index >= 15 is 0 Å². The lowest BCUT2D eigenvalue weighted by molar-refractivity contribution is -0.386. The Morgan fingerprint density at radius 3 is 1.28 bits per heavy atom. The summed E-state index contributed by atoms with van der Waals surface area (Å²) in [6.45, 7) is 2.26. The molecule has 0 aromatic rings. The third kappa shape index (κ3) is 36.0. The zero-order valence-corrected chi connectivity index (χ0v) is 60.9. The Labute approximate surface area is 589 Å². The Morgan fingerprint density at radius 1 is 0.490 bits per heavy atom. The molecule has 3 aliphatic heterocycles. The van der Waals surface area contributed by atoms with Crippen molar-refractivity contribution in [3.05, 3.63) is 0 Å². The van der Waals surface area contributed by atoms with Crippen LogP contribution in [0.2, 0.25) is 0 Å². The minimum atomic E-state index is -3.08. The van der Waals surface area contributed by atoms with Crippen LogP contribution in [0.1, 0.15) is 323 Å². The van der Waals surface area contributed by atoms with Gasteiger partial charge in [-0.1, -0.05) is 290 Å². The zero-order chi connectivity index (χ0) is 71.8. The summed E-state index contributed by atoms with van der Waals surface area (Å²) in [4.78, 5) is 38.7. The Hall–Kier alpha value is -2.27. The first kappa shape index (κ1) is 89.9. The number of ether oxygens (including phenoxy) is 6. The van der Waals surface area contributed by atoms with E-state index in [-0.39, 0.29) is 18.9 Å². The molecule has 3 fully saturated rings. The van der Waals surface area contributed by atoms with E-state index < -0.39 is 148 Å². The SMILES string of the molecule is CCCCCCCCCCCCCCCCCCCCCCCCCCCCC(=O)NC(COC1OC(CO)C(OC2OC(CO)C(O)C(OC3(C(=O)O)CC(O)C(NC(C)=O)C(C(O)C(O)CO)O3)C2O)C(O)C1O)C(O)CCCCCCCCCCCCCCCCCCCC. The summed E-state index contributed by atoms with van der Waals surface area (Å²) in [6, 6.07) is -2.53. The molecule has 2 amide bonds. The number of aliphatic hydroxyl groups excluding tert-OH is 11. The van der Waals surface area contributed by atoms with E-state index in [1.807, 2.05) is 0 Å². The molecule has 578 valence electrons. The topological polar surface area (TPSA) is 373 Å². The van der Waals surface area contributed by atoms with E-state index in [0.29, 0.717) is 19.3 Å². The maximum absolute atomic E-state index is 13.5. The van der Waals surface area contributed by atoms with Crippen molar-refractivity contribution in [1.82, 2.24) is 10.6 Å². The predicted octanol–water partition coefficient (Wildman–Crippen LogP) is 9.63. The fourth-order valence-corrected chi connectivity index (χ4v) is 14.1. The lowest BCUT2D eigenvalue weighted by Crippen LogP contribution is -2.70. The van der Waals surface area contributed by atoms with E-state index in [2.05, 4.69) is 24.5 Å². The zero-order valence-electron chi connectivity index (χ0n) is 60.9. The number of carboxylic acids is 1. The van der Waals surface area contributed by atoms with Crippen molar-refractivity contribution in [1.29, 1.82) is 0 Å². The number of nitrogens with one attached hydrogen (secondary N) is 2. The molecular weight excluding hydrogens is 1260 g/mol. The van der Waals surface area contributed by atoms with Crippen LogP contribution in [0.5, 0.6) is 0 Å². The summed E-state index contributed by atoms with van der Waals surface area (Å²) < 4.78 is 35.0. The molecule has 0 bridgehead atoms. The van der Waals surface area contributed by atoms with Gasteiger partial charge in [0.05, 0.1) is 50.7 Å². The highest BCUT2D eigenvalue weighted by molar-refractivity contribution is 5.77. The highest BCUT2D eigenvalue weighted by Gasteiger charge is 2.60. The summed E-state index contributed by atoms with van der Waals surface area (Å²) in [6.07, 6.45) is 26.7. The molecule has 18 unspecified atom stereocenters. The van der Waals surface area contributed by atoms with Crippen LogP contribution in [0.4, 0.5) is 0 Å². The number of amides is 2. The largest absolute Gasteiger partial charge is 0.477 e. The summed E-state index contributed by atoms with van der Waals surface area (Å²) in [5, 5.41) is 136. The van der Waals surface area contributed by atoms with Crippen molar-refractivity contribution in [3.63, 3.8) is 0 Å².